The van der Waals surface area contributed by atoms with E-state index in [2.05, 4.69) is 15.6 Å². The number of nitrogens with one attached hydrogen (secondary N) is 2. The zero-order valence-electron chi connectivity index (χ0n) is 19.1. The number of likely N-dealkylation sites (N-methyl/N-ethyl adjacent to an activating group) is 1. The predicted molar refractivity (Wildman–Crippen MR) is 127 cm³/mol. The van der Waals surface area contributed by atoms with Gasteiger partial charge in [0.25, 0.3) is 0 Å². The molecule has 1 aromatic carbocycles. The van der Waals surface area contributed by atoms with Crippen LogP contribution >= 0.6 is 0 Å². The summed E-state index contributed by atoms with van der Waals surface area (Å²) in [6.45, 7) is 2.39. The number of hydrogen-bond donors (Lipinski definition) is 2. The number of para-hydroxylation sites is 1. The fraction of sp³-hybridized carbons (Fsp3) is 0.320. The van der Waals surface area contributed by atoms with Gasteiger partial charge in [-0.05, 0) is 63.2 Å². The molecule has 0 unspecified atom stereocenters. The zero-order chi connectivity index (χ0) is 23.1. The van der Waals surface area contributed by atoms with Gasteiger partial charge in [-0.2, -0.15) is 0 Å². The quantitative estimate of drug-likeness (QED) is 0.608. The number of carbonyl (C=O) groups excluding carboxylic acids is 2. The van der Waals surface area contributed by atoms with E-state index in [0.29, 0.717) is 18.8 Å². The molecular formula is C25H30N4O3. The van der Waals surface area contributed by atoms with E-state index in [4.69, 9.17) is 4.42 Å². The number of anilines is 1. The third-order valence-corrected chi connectivity index (χ3v) is 5.19. The van der Waals surface area contributed by atoms with Gasteiger partial charge in [0, 0.05) is 43.2 Å². The number of furan rings is 1. The maximum absolute atomic E-state index is 12.6. The Hall–Kier alpha value is -3.45. The predicted octanol–water partition coefficient (Wildman–Crippen LogP) is 3.92. The van der Waals surface area contributed by atoms with Gasteiger partial charge in [-0.25, -0.2) is 4.98 Å². The highest BCUT2D eigenvalue weighted by molar-refractivity contribution is 5.93. The molecule has 0 saturated carbocycles. The number of aromatic nitrogens is 1. The van der Waals surface area contributed by atoms with E-state index in [1.807, 2.05) is 51.4 Å². The second kappa shape index (κ2) is 10.7. The smallest absolute Gasteiger partial charge is 0.246 e. The maximum atomic E-state index is 12.6. The number of amides is 2. The Labute approximate surface area is 188 Å². The number of pyridine rings is 1. The average Bonchev–Trinajstić information content (AvgIpc) is 2.96. The fourth-order valence-electron chi connectivity index (χ4n) is 3.58. The second-order valence-corrected chi connectivity index (χ2v) is 7.84. The lowest BCUT2D eigenvalue weighted by Gasteiger charge is -2.15. The van der Waals surface area contributed by atoms with Gasteiger partial charge in [-0.3, -0.25) is 9.59 Å². The van der Waals surface area contributed by atoms with Crippen molar-refractivity contribution >= 4 is 34.7 Å². The van der Waals surface area contributed by atoms with E-state index in [1.165, 1.54) is 0 Å². The number of benzene rings is 1. The standard InChI is InChI=1S/C23H23N3O3.C2H7N/c1-15-19(18-7-3-4-8-20(18)29-15)14-26(2)22(28)11-10-16-12-17-6-5-9-21(27)25-23(17)24-13-16;1-3-2/h3-4,7-8,10-13H,5-6,9,14H2,1-2H3,(H,24,25,27);3H,1-2H3/b11-10+;. The molecule has 7 heteroatoms. The van der Waals surface area contributed by atoms with Crippen LogP contribution in [0.25, 0.3) is 17.0 Å². The number of rotatable bonds is 4. The number of nitrogens with zero attached hydrogens (tertiary/aromatic N) is 2. The summed E-state index contributed by atoms with van der Waals surface area (Å²) in [5, 5.41) is 6.60. The second-order valence-electron chi connectivity index (χ2n) is 7.84. The summed E-state index contributed by atoms with van der Waals surface area (Å²) in [4.78, 5) is 30.2. The van der Waals surface area contributed by atoms with Crippen LogP contribution in [0.1, 0.15) is 35.3 Å². The van der Waals surface area contributed by atoms with E-state index >= 15 is 0 Å². The molecule has 0 aliphatic carbocycles. The molecule has 2 N–H and O–H groups in total. The van der Waals surface area contributed by atoms with Crippen molar-refractivity contribution in [3.63, 3.8) is 0 Å². The van der Waals surface area contributed by atoms with Crippen molar-refractivity contribution in [3.8, 4) is 0 Å². The van der Waals surface area contributed by atoms with Crippen LogP contribution < -0.4 is 10.6 Å². The molecule has 0 atom stereocenters. The highest BCUT2D eigenvalue weighted by atomic mass is 16.3. The van der Waals surface area contributed by atoms with Crippen LogP contribution in [0.15, 0.2) is 47.0 Å². The average molecular weight is 435 g/mol. The summed E-state index contributed by atoms with van der Waals surface area (Å²) in [6, 6.07) is 9.82. The van der Waals surface area contributed by atoms with Crippen LogP contribution in [0.3, 0.4) is 0 Å². The van der Waals surface area contributed by atoms with E-state index in [1.54, 1.807) is 30.3 Å². The van der Waals surface area contributed by atoms with Crippen molar-refractivity contribution in [2.45, 2.75) is 32.7 Å². The number of fused-ring (bicyclic) bond motifs is 2. The van der Waals surface area contributed by atoms with E-state index in [-0.39, 0.29) is 11.8 Å². The van der Waals surface area contributed by atoms with Crippen LogP contribution in [0.2, 0.25) is 0 Å². The third-order valence-electron chi connectivity index (χ3n) is 5.19. The lowest BCUT2D eigenvalue weighted by molar-refractivity contribution is -0.125. The first kappa shape index (κ1) is 23.2. The summed E-state index contributed by atoms with van der Waals surface area (Å²) in [7, 11) is 5.53. The molecule has 32 heavy (non-hydrogen) atoms. The Morgan fingerprint density at radius 2 is 2.03 bits per heavy atom. The van der Waals surface area contributed by atoms with Gasteiger partial charge in [-0.15, -0.1) is 0 Å². The molecular weight excluding hydrogens is 404 g/mol. The Morgan fingerprint density at radius 1 is 1.28 bits per heavy atom. The van der Waals surface area contributed by atoms with Gasteiger partial charge >= 0.3 is 0 Å². The molecule has 2 amide bonds. The summed E-state index contributed by atoms with van der Waals surface area (Å²) in [5.41, 5.74) is 3.69. The van der Waals surface area contributed by atoms with Gasteiger partial charge in [0.2, 0.25) is 11.8 Å². The minimum atomic E-state index is -0.0991. The molecule has 1 aliphatic rings. The molecule has 7 nitrogen and oxygen atoms in total. The molecule has 0 radical (unpaired) electrons. The molecule has 4 rings (SSSR count). The molecule has 0 saturated heterocycles. The monoisotopic (exact) mass is 434 g/mol. The first-order valence-electron chi connectivity index (χ1n) is 10.7. The zero-order valence-corrected chi connectivity index (χ0v) is 19.1. The number of aryl methyl sites for hydroxylation is 2. The summed E-state index contributed by atoms with van der Waals surface area (Å²) in [5.74, 6) is 1.35. The Morgan fingerprint density at radius 3 is 2.81 bits per heavy atom. The normalized spacial score (nSPS) is 13.2. The van der Waals surface area contributed by atoms with Gasteiger partial charge < -0.3 is 20.0 Å². The van der Waals surface area contributed by atoms with Crippen molar-refractivity contribution in [1.82, 2.24) is 15.2 Å². The Kier molecular flexibility index (Phi) is 7.78. The SMILES string of the molecule is CNC.Cc1oc2ccccc2c1CN(C)C(=O)/C=C/c1cnc2c(c1)CCCC(=O)N2. The first-order valence-corrected chi connectivity index (χ1v) is 10.7. The molecule has 0 fully saturated rings. The van der Waals surface area contributed by atoms with Crippen molar-refractivity contribution in [2.24, 2.45) is 0 Å². The van der Waals surface area contributed by atoms with Gasteiger partial charge in [0.05, 0.1) is 0 Å². The number of hydrogen-bond acceptors (Lipinski definition) is 5. The van der Waals surface area contributed by atoms with E-state index in [0.717, 1.165) is 46.3 Å². The number of carbonyl (C=O) groups is 2. The van der Waals surface area contributed by atoms with Gasteiger partial charge in [-0.1, -0.05) is 18.2 Å². The summed E-state index contributed by atoms with van der Waals surface area (Å²) in [6.07, 6.45) is 7.08. The Bertz CT molecular complexity index is 1130. The van der Waals surface area contributed by atoms with Crippen molar-refractivity contribution in [1.29, 1.82) is 0 Å². The van der Waals surface area contributed by atoms with Crippen LogP contribution in [-0.2, 0) is 22.6 Å². The fourth-order valence-corrected chi connectivity index (χ4v) is 3.58. The molecule has 2 aromatic heterocycles. The third kappa shape index (κ3) is 5.62. The molecule has 3 aromatic rings. The molecule has 0 spiro atoms. The summed E-state index contributed by atoms with van der Waals surface area (Å²) >= 11 is 0. The minimum Gasteiger partial charge on any atom is -0.461 e. The molecule has 0 bridgehead atoms. The van der Waals surface area contributed by atoms with Crippen molar-refractivity contribution in [3.05, 3.63) is 65.1 Å². The van der Waals surface area contributed by atoms with Crippen LogP contribution in [-0.4, -0.2) is 42.8 Å². The highest BCUT2D eigenvalue weighted by Gasteiger charge is 2.16. The van der Waals surface area contributed by atoms with Crippen LogP contribution in [0.5, 0.6) is 0 Å². The largest absolute Gasteiger partial charge is 0.461 e. The van der Waals surface area contributed by atoms with Crippen LogP contribution in [0, 0.1) is 6.92 Å². The summed E-state index contributed by atoms with van der Waals surface area (Å²) < 4.78 is 5.79. The molecule has 168 valence electrons. The molecule has 3 heterocycles. The van der Waals surface area contributed by atoms with E-state index < -0.39 is 0 Å². The van der Waals surface area contributed by atoms with Crippen molar-refractivity contribution < 1.29 is 14.0 Å². The minimum absolute atomic E-state index is 0.00147. The van der Waals surface area contributed by atoms with E-state index in [9.17, 15) is 9.59 Å². The maximum Gasteiger partial charge on any atom is 0.246 e. The molecule has 1 aliphatic heterocycles. The highest BCUT2D eigenvalue weighted by Crippen LogP contribution is 2.26. The Balaban J connectivity index is 0.000000913. The first-order chi connectivity index (χ1) is 15.4. The topological polar surface area (TPSA) is 87.5 Å². The van der Waals surface area contributed by atoms with Crippen molar-refractivity contribution in [2.75, 3.05) is 26.5 Å². The van der Waals surface area contributed by atoms with Gasteiger partial charge in [0.1, 0.15) is 17.2 Å². The lowest BCUT2D eigenvalue weighted by atomic mass is 10.1. The lowest BCUT2D eigenvalue weighted by Crippen LogP contribution is -2.24. The van der Waals surface area contributed by atoms with Gasteiger partial charge in [0.15, 0.2) is 0 Å². The van der Waals surface area contributed by atoms with Crippen LogP contribution in [0.4, 0.5) is 5.82 Å².